The van der Waals surface area contributed by atoms with Gasteiger partial charge in [0.15, 0.2) is 0 Å². The molecule has 29 heavy (non-hydrogen) atoms. The number of H-pyrrole nitrogens is 1. The maximum absolute atomic E-state index is 12.4. The second-order valence-corrected chi connectivity index (χ2v) is 9.32. The van der Waals surface area contributed by atoms with Crippen LogP contribution < -0.4 is 5.32 Å². The normalized spacial score (nSPS) is 29.4. The summed E-state index contributed by atoms with van der Waals surface area (Å²) in [5.41, 5.74) is 4.02. The number of aromatic amines is 1. The van der Waals surface area contributed by atoms with Crippen LogP contribution in [0.25, 0.3) is 10.9 Å². The Bertz CT molecular complexity index is 950. The summed E-state index contributed by atoms with van der Waals surface area (Å²) in [6, 6.07) is 6.16. The fourth-order valence-electron chi connectivity index (χ4n) is 5.70. The van der Waals surface area contributed by atoms with E-state index in [9.17, 15) is 9.90 Å². The van der Waals surface area contributed by atoms with Crippen molar-refractivity contribution in [2.24, 2.45) is 0 Å². The molecule has 2 heterocycles. The summed E-state index contributed by atoms with van der Waals surface area (Å²) < 4.78 is 0. The van der Waals surface area contributed by atoms with E-state index < -0.39 is 5.60 Å². The van der Waals surface area contributed by atoms with Gasteiger partial charge in [0, 0.05) is 55.2 Å². The van der Waals surface area contributed by atoms with Crippen LogP contribution >= 0.6 is 0 Å². The van der Waals surface area contributed by atoms with Gasteiger partial charge in [-0.2, -0.15) is 0 Å². The molecule has 0 spiro atoms. The highest BCUT2D eigenvalue weighted by molar-refractivity contribution is 5.90. The zero-order valence-corrected chi connectivity index (χ0v) is 17.7. The van der Waals surface area contributed by atoms with Crippen molar-refractivity contribution in [1.82, 2.24) is 20.1 Å². The zero-order chi connectivity index (χ0) is 20.3. The van der Waals surface area contributed by atoms with Gasteiger partial charge in [-0.25, -0.2) is 4.79 Å². The number of urea groups is 1. The van der Waals surface area contributed by atoms with Gasteiger partial charge in [0.1, 0.15) is 5.60 Å². The molecule has 6 heteroatoms. The minimum atomic E-state index is -0.957. The third kappa shape index (κ3) is 2.80. The van der Waals surface area contributed by atoms with Crippen LogP contribution in [0.1, 0.15) is 55.3 Å². The lowest BCUT2D eigenvalue weighted by atomic mass is 9.69. The van der Waals surface area contributed by atoms with E-state index in [-0.39, 0.29) is 18.1 Å². The summed E-state index contributed by atoms with van der Waals surface area (Å²) in [6.45, 7) is 3.38. The van der Waals surface area contributed by atoms with Crippen molar-refractivity contribution < 1.29 is 9.90 Å². The van der Waals surface area contributed by atoms with Crippen molar-refractivity contribution in [3.8, 4) is 0 Å². The zero-order valence-electron chi connectivity index (χ0n) is 17.7. The average molecular weight is 397 g/mol. The average Bonchev–Trinajstić information content (AvgIpc) is 3.00. The number of piperidine rings is 1. The molecule has 2 fully saturated rings. The van der Waals surface area contributed by atoms with Crippen LogP contribution in [0.15, 0.2) is 18.2 Å². The van der Waals surface area contributed by atoms with E-state index in [1.165, 1.54) is 35.9 Å². The topological polar surface area (TPSA) is 71.6 Å². The number of carbonyl (C=O) groups is 1. The lowest BCUT2D eigenvalue weighted by Gasteiger charge is -2.51. The van der Waals surface area contributed by atoms with Gasteiger partial charge >= 0.3 is 6.03 Å². The summed E-state index contributed by atoms with van der Waals surface area (Å²) >= 11 is 0. The highest BCUT2D eigenvalue weighted by Crippen LogP contribution is 2.49. The van der Waals surface area contributed by atoms with Crippen LogP contribution in [0.2, 0.25) is 0 Å². The molecule has 3 atom stereocenters. The number of benzene rings is 1. The summed E-state index contributed by atoms with van der Waals surface area (Å²) in [4.78, 5) is 20.1. The number of aromatic nitrogens is 1. The number of nitrogens with one attached hydrogen (secondary N) is 2. The first-order valence-corrected chi connectivity index (χ1v) is 11.0. The fraction of sp³-hybridized carbons (Fsp3) is 0.609. The number of rotatable bonds is 3. The quantitative estimate of drug-likeness (QED) is 0.747. The number of amides is 2. The second-order valence-electron chi connectivity index (χ2n) is 9.32. The molecule has 156 valence electrons. The van der Waals surface area contributed by atoms with Crippen LogP contribution in [-0.2, 0) is 12.0 Å². The van der Waals surface area contributed by atoms with E-state index in [4.69, 9.17) is 0 Å². The van der Waals surface area contributed by atoms with Gasteiger partial charge in [0.25, 0.3) is 0 Å². The molecule has 1 saturated heterocycles. The number of carbonyl (C=O) groups excluding carboxylic acids is 1. The maximum Gasteiger partial charge on any atom is 0.317 e. The Balaban J connectivity index is 1.54. The van der Waals surface area contributed by atoms with Crippen LogP contribution in [0.4, 0.5) is 4.79 Å². The Morgan fingerprint density at radius 2 is 2.21 bits per heavy atom. The molecule has 1 aromatic heterocycles. The maximum atomic E-state index is 12.4. The summed E-state index contributed by atoms with van der Waals surface area (Å²) in [5.74, 6) is 0.641. The minimum absolute atomic E-state index is 0.0345. The highest BCUT2D eigenvalue weighted by Gasteiger charge is 2.51. The van der Waals surface area contributed by atoms with Gasteiger partial charge in [-0.15, -0.1) is 0 Å². The van der Waals surface area contributed by atoms with E-state index in [1.54, 1.807) is 11.9 Å². The van der Waals surface area contributed by atoms with Gasteiger partial charge in [0.2, 0.25) is 0 Å². The number of hydrogen-bond acceptors (Lipinski definition) is 3. The molecule has 1 aliphatic heterocycles. The Kier molecular flexibility index (Phi) is 4.40. The largest absolute Gasteiger partial charge is 0.383 e. The molecule has 1 saturated carbocycles. The van der Waals surface area contributed by atoms with E-state index in [2.05, 4.69) is 40.4 Å². The van der Waals surface area contributed by atoms with E-state index in [0.717, 1.165) is 24.0 Å². The highest BCUT2D eigenvalue weighted by atomic mass is 16.3. The molecule has 1 aromatic carbocycles. The standard InChI is InChI=1S/C23H32N4O2/c1-4-26(2)22(28)24-15-12-23(29)17-9-6-10-18-20(17)16(11-19(23)27(3)13-15)21(25-18)14-7-5-8-14/h6,9-10,14-15,19,25,29H,4-5,7-8,11-13H2,1-3H3,(H,24,28). The summed E-state index contributed by atoms with van der Waals surface area (Å²) in [7, 11) is 3.88. The molecular formula is C23H32N4O2. The third-order valence-electron chi connectivity index (χ3n) is 7.64. The van der Waals surface area contributed by atoms with E-state index >= 15 is 0 Å². The van der Waals surface area contributed by atoms with Gasteiger partial charge in [0.05, 0.1) is 0 Å². The number of likely N-dealkylation sites (N-methyl/N-ethyl adjacent to an activating group) is 1. The van der Waals surface area contributed by atoms with E-state index in [0.29, 0.717) is 18.9 Å². The van der Waals surface area contributed by atoms with Crippen LogP contribution in [0, 0.1) is 0 Å². The van der Waals surface area contributed by atoms with Gasteiger partial charge in [-0.05, 0) is 56.3 Å². The monoisotopic (exact) mass is 396 g/mol. The van der Waals surface area contributed by atoms with Crippen molar-refractivity contribution in [2.45, 2.75) is 62.6 Å². The molecule has 3 N–H and O–H groups in total. The van der Waals surface area contributed by atoms with Crippen LogP contribution in [0.3, 0.4) is 0 Å². The van der Waals surface area contributed by atoms with Gasteiger partial charge < -0.3 is 20.3 Å². The summed E-state index contributed by atoms with van der Waals surface area (Å²) in [5, 5.41) is 16.4. The third-order valence-corrected chi connectivity index (χ3v) is 7.64. The van der Waals surface area contributed by atoms with Crippen molar-refractivity contribution in [3.05, 3.63) is 35.0 Å². The molecule has 5 rings (SSSR count). The summed E-state index contributed by atoms with van der Waals surface area (Å²) in [6.07, 6.45) is 5.25. The van der Waals surface area contributed by atoms with Gasteiger partial charge in [-0.3, -0.25) is 4.90 Å². The molecular weight excluding hydrogens is 364 g/mol. The van der Waals surface area contributed by atoms with E-state index in [1.807, 2.05) is 6.92 Å². The molecule has 3 unspecified atom stereocenters. The lowest BCUT2D eigenvalue weighted by Crippen LogP contribution is -2.63. The lowest BCUT2D eigenvalue weighted by molar-refractivity contribution is -0.0889. The Morgan fingerprint density at radius 1 is 1.41 bits per heavy atom. The molecule has 0 bridgehead atoms. The molecule has 6 nitrogen and oxygen atoms in total. The smallest absolute Gasteiger partial charge is 0.317 e. The first-order valence-electron chi connectivity index (χ1n) is 11.0. The SMILES string of the molecule is CCN(C)C(=O)NC1CN(C)C2Cc3c(C4CCC4)[nH]c4cccc(c34)C2(O)C1. The fourth-order valence-corrected chi connectivity index (χ4v) is 5.70. The minimum Gasteiger partial charge on any atom is -0.383 e. The Labute approximate surface area is 172 Å². The number of aliphatic hydroxyl groups is 1. The molecule has 2 aliphatic carbocycles. The van der Waals surface area contributed by atoms with Gasteiger partial charge in [-0.1, -0.05) is 18.6 Å². The predicted octanol–water partition coefficient (Wildman–Crippen LogP) is 2.91. The van der Waals surface area contributed by atoms with Crippen LogP contribution in [0.5, 0.6) is 0 Å². The predicted molar refractivity (Wildman–Crippen MR) is 114 cm³/mol. The first kappa shape index (κ1) is 18.9. The number of fused-ring (bicyclic) bond motifs is 2. The number of likely N-dealkylation sites (tertiary alicyclic amines) is 1. The Morgan fingerprint density at radius 3 is 2.90 bits per heavy atom. The van der Waals surface area contributed by atoms with Crippen molar-refractivity contribution >= 4 is 16.9 Å². The van der Waals surface area contributed by atoms with Crippen molar-refractivity contribution in [2.75, 3.05) is 27.2 Å². The molecule has 2 amide bonds. The molecule has 0 radical (unpaired) electrons. The second kappa shape index (κ2) is 6.74. The van der Waals surface area contributed by atoms with Crippen molar-refractivity contribution in [1.29, 1.82) is 0 Å². The van der Waals surface area contributed by atoms with Crippen LogP contribution in [-0.4, -0.2) is 65.2 Å². The Hall–Kier alpha value is -2.05. The number of hydrogen-bond donors (Lipinski definition) is 3. The molecule has 3 aliphatic rings. The van der Waals surface area contributed by atoms with Crippen molar-refractivity contribution in [3.63, 3.8) is 0 Å². The number of nitrogens with zero attached hydrogens (tertiary/aromatic N) is 2. The first-order chi connectivity index (χ1) is 13.9. The molecule has 2 aromatic rings.